The lowest BCUT2D eigenvalue weighted by Gasteiger charge is -2.24. The normalized spacial score (nSPS) is 27.4. The van der Waals surface area contributed by atoms with Crippen molar-refractivity contribution in [2.75, 3.05) is 5.32 Å². The molecule has 140 valence electrons. The predicted molar refractivity (Wildman–Crippen MR) is 87.4 cm³/mol. The van der Waals surface area contributed by atoms with E-state index >= 15 is 0 Å². The second kappa shape index (κ2) is 5.92. The molecule has 3 rings (SSSR count). The summed E-state index contributed by atoms with van der Waals surface area (Å²) in [6.07, 6.45) is 0.431. The number of alkyl halides is 3. The fourth-order valence-electron chi connectivity index (χ4n) is 3.96. The molecule has 0 aliphatic heterocycles. The Morgan fingerprint density at radius 1 is 1.24 bits per heavy atom. The van der Waals surface area contributed by atoms with Gasteiger partial charge in [0.25, 0.3) is 5.56 Å². The second-order valence-corrected chi connectivity index (χ2v) is 7.60. The monoisotopic (exact) mass is 359 g/mol. The molecular formula is C17H24F3N3O2. The summed E-state index contributed by atoms with van der Waals surface area (Å²) >= 11 is 0. The van der Waals surface area contributed by atoms with Crippen molar-refractivity contribution in [3.05, 3.63) is 16.0 Å². The third kappa shape index (κ3) is 3.00. The molecule has 2 aliphatic rings. The molecule has 5 nitrogen and oxygen atoms in total. The van der Waals surface area contributed by atoms with Crippen LogP contribution in [0.25, 0.3) is 0 Å². The van der Waals surface area contributed by atoms with E-state index in [0.29, 0.717) is 5.69 Å². The summed E-state index contributed by atoms with van der Waals surface area (Å²) < 4.78 is 41.9. The van der Waals surface area contributed by atoms with Crippen LogP contribution in [0.4, 0.5) is 18.9 Å². The third-order valence-electron chi connectivity index (χ3n) is 5.90. The Kier molecular flexibility index (Phi) is 4.28. The number of hydrogen-bond donors (Lipinski definition) is 1. The first kappa shape index (κ1) is 18.1. The van der Waals surface area contributed by atoms with Gasteiger partial charge < -0.3 is 5.32 Å². The van der Waals surface area contributed by atoms with E-state index in [0.717, 1.165) is 32.1 Å². The van der Waals surface area contributed by atoms with E-state index in [1.165, 1.54) is 6.92 Å². The second-order valence-electron chi connectivity index (χ2n) is 7.60. The molecule has 25 heavy (non-hydrogen) atoms. The van der Waals surface area contributed by atoms with Gasteiger partial charge in [-0.3, -0.25) is 14.3 Å². The number of nitrogens with one attached hydrogen (secondary N) is 1. The molecule has 2 aliphatic carbocycles. The quantitative estimate of drug-likeness (QED) is 0.898. The van der Waals surface area contributed by atoms with E-state index in [9.17, 15) is 22.8 Å². The van der Waals surface area contributed by atoms with Crippen molar-refractivity contribution in [1.82, 2.24) is 9.36 Å². The highest BCUT2D eigenvalue weighted by Crippen LogP contribution is 2.60. The fourth-order valence-corrected chi connectivity index (χ4v) is 3.96. The van der Waals surface area contributed by atoms with Crippen LogP contribution in [0.3, 0.4) is 0 Å². The number of nitrogens with zero attached hydrogens (tertiary/aromatic N) is 2. The van der Waals surface area contributed by atoms with E-state index in [2.05, 4.69) is 5.32 Å². The standard InChI is InChI=1S/C17H24F3N3O2/c1-10-13(21-15(25)16(2)9-12(16)17(18,19)20)14(24)23(22(10)3)11-7-5-4-6-8-11/h11-12H,4-9H2,1-3H3,(H,21,25). The Labute approximate surface area is 144 Å². The number of carbonyl (C=O) groups excluding carboxylic acids is 1. The number of carbonyl (C=O) groups is 1. The van der Waals surface area contributed by atoms with Gasteiger partial charge in [-0.15, -0.1) is 0 Å². The number of amides is 1. The van der Waals surface area contributed by atoms with Crippen LogP contribution in [-0.4, -0.2) is 21.4 Å². The van der Waals surface area contributed by atoms with Crippen molar-refractivity contribution in [1.29, 1.82) is 0 Å². The molecule has 2 fully saturated rings. The molecule has 1 aromatic heterocycles. The largest absolute Gasteiger partial charge is 0.392 e. The summed E-state index contributed by atoms with van der Waals surface area (Å²) in [5, 5.41) is 2.49. The van der Waals surface area contributed by atoms with E-state index in [1.54, 1.807) is 23.3 Å². The van der Waals surface area contributed by atoms with Crippen molar-refractivity contribution >= 4 is 11.6 Å². The van der Waals surface area contributed by atoms with Gasteiger partial charge in [-0.05, 0) is 26.2 Å². The van der Waals surface area contributed by atoms with Crippen LogP contribution in [-0.2, 0) is 11.8 Å². The molecule has 1 aromatic rings. The molecule has 0 radical (unpaired) electrons. The lowest BCUT2D eigenvalue weighted by Crippen LogP contribution is -2.32. The molecule has 2 unspecified atom stereocenters. The van der Waals surface area contributed by atoms with E-state index in [1.807, 2.05) is 0 Å². The SMILES string of the molecule is Cc1c(NC(=O)C2(C)CC2C(F)(F)F)c(=O)n(C2CCCCC2)n1C. The molecule has 1 heterocycles. The molecule has 0 spiro atoms. The van der Waals surface area contributed by atoms with Crippen molar-refractivity contribution in [3.8, 4) is 0 Å². The number of hydrogen-bond acceptors (Lipinski definition) is 2. The smallest absolute Gasteiger partial charge is 0.319 e. The van der Waals surface area contributed by atoms with Gasteiger partial charge in [0.1, 0.15) is 5.69 Å². The molecule has 1 N–H and O–H groups in total. The Morgan fingerprint density at radius 3 is 2.36 bits per heavy atom. The van der Waals surface area contributed by atoms with E-state index in [-0.39, 0.29) is 23.7 Å². The first-order valence-corrected chi connectivity index (χ1v) is 8.73. The topological polar surface area (TPSA) is 56.0 Å². The van der Waals surface area contributed by atoms with Gasteiger partial charge in [-0.1, -0.05) is 26.2 Å². The van der Waals surface area contributed by atoms with Crippen LogP contribution >= 0.6 is 0 Å². The van der Waals surface area contributed by atoms with Crippen LogP contribution < -0.4 is 10.9 Å². The summed E-state index contributed by atoms with van der Waals surface area (Å²) in [6.45, 7) is 3.01. The number of rotatable bonds is 3. The lowest BCUT2D eigenvalue weighted by molar-refractivity contribution is -0.159. The van der Waals surface area contributed by atoms with Gasteiger partial charge in [-0.25, -0.2) is 4.68 Å². The maximum Gasteiger partial charge on any atom is 0.392 e. The Bertz CT molecular complexity index is 744. The number of anilines is 1. The summed E-state index contributed by atoms with van der Waals surface area (Å²) in [4.78, 5) is 25.2. The zero-order valence-electron chi connectivity index (χ0n) is 14.7. The molecule has 0 bridgehead atoms. The first-order chi connectivity index (χ1) is 11.6. The minimum atomic E-state index is -4.39. The third-order valence-corrected chi connectivity index (χ3v) is 5.90. The maximum atomic E-state index is 12.9. The van der Waals surface area contributed by atoms with Crippen molar-refractivity contribution in [3.63, 3.8) is 0 Å². The summed E-state index contributed by atoms with van der Waals surface area (Å²) in [7, 11) is 1.75. The summed E-state index contributed by atoms with van der Waals surface area (Å²) in [5.74, 6) is -2.36. The first-order valence-electron chi connectivity index (χ1n) is 8.73. The molecular weight excluding hydrogens is 335 g/mol. The lowest BCUT2D eigenvalue weighted by atomic mass is 9.96. The van der Waals surface area contributed by atoms with Crippen LogP contribution in [0.1, 0.15) is 57.2 Å². The van der Waals surface area contributed by atoms with Gasteiger partial charge >= 0.3 is 6.18 Å². The highest BCUT2D eigenvalue weighted by atomic mass is 19.4. The van der Waals surface area contributed by atoms with Gasteiger partial charge in [0.15, 0.2) is 0 Å². The van der Waals surface area contributed by atoms with Crippen molar-refractivity contribution in [2.45, 2.75) is 64.6 Å². The summed E-state index contributed by atoms with van der Waals surface area (Å²) in [6, 6.07) is 0.0787. The molecule has 1 amide bonds. The zero-order valence-corrected chi connectivity index (χ0v) is 14.7. The maximum absolute atomic E-state index is 12.9. The van der Waals surface area contributed by atoms with E-state index < -0.39 is 23.4 Å². The molecule has 0 aromatic carbocycles. The van der Waals surface area contributed by atoms with Crippen LogP contribution in [0.2, 0.25) is 0 Å². The highest BCUT2D eigenvalue weighted by molar-refractivity contribution is 5.97. The fraction of sp³-hybridized carbons (Fsp3) is 0.765. The minimum absolute atomic E-state index is 0.0787. The zero-order chi connectivity index (χ0) is 18.6. The van der Waals surface area contributed by atoms with Gasteiger partial charge in [0.05, 0.1) is 23.1 Å². The van der Waals surface area contributed by atoms with E-state index in [4.69, 9.17) is 0 Å². The van der Waals surface area contributed by atoms with Crippen LogP contribution in [0, 0.1) is 18.3 Å². The van der Waals surface area contributed by atoms with Crippen molar-refractivity contribution in [2.24, 2.45) is 18.4 Å². The average Bonchev–Trinajstić information content (AvgIpc) is 3.22. The summed E-state index contributed by atoms with van der Waals surface area (Å²) in [5.41, 5.74) is -1.14. The number of halogens is 3. The Morgan fingerprint density at radius 2 is 1.84 bits per heavy atom. The molecule has 8 heteroatoms. The van der Waals surface area contributed by atoms with Gasteiger partial charge in [0, 0.05) is 7.05 Å². The van der Waals surface area contributed by atoms with Gasteiger partial charge in [0.2, 0.25) is 5.91 Å². The molecule has 2 saturated carbocycles. The van der Waals surface area contributed by atoms with Crippen molar-refractivity contribution < 1.29 is 18.0 Å². The predicted octanol–water partition coefficient (Wildman–Crippen LogP) is 3.53. The Balaban J connectivity index is 1.84. The minimum Gasteiger partial charge on any atom is -0.319 e. The molecule has 2 atom stereocenters. The Hall–Kier alpha value is -1.73. The van der Waals surface area contributed by atoms with Crippen LogP contribution in [0.5, 0.6) is 0 Å². The molecule has 0 saturated heterocycles. The average molecular weight is 359 g/mol. The van der Waals surface area contributed by atoms with Gasteiger partial charge in [-0.2, -0.15) is 13.2 Å². The highest BCUT2D eigenvalue weighted by Gasteiger charge is 2.68. The van der Waals surface area contributed by atoms with Crippen LogP contribution in [0.15, 0.2) is 4.79 Å². The number of aromatic nitrogens is 2.